The number of rotatable bonds is 7. The van der Waals surface area contributed by atoms with Crippen molar-refractivity contribution >= 4 is 49.9 Å². The number of aliphatic imine (C=N–C) groups is 1. The molecular formula is C22H21ClF2N4O2S2. The smallest absolute Gasteiger partial charge is 0.232 e. The van der Waals surface area contributed by atoms with Crippen LogP contribution in [0.2, 0.25) is 5.02 Å². The average Bonchev–Trinajstić information content (AvgIpc) is 2.77. The molecule has 1 heterocycles. The normalized spacial score (nSPS) is 12.1. The molecule has 3 rings (SSSR count). The number of sulfonamides is 1. The van der Waals surface area contributed by atoms with E-state index in [1.165, 1.54) is 7.05 Å². The van der Waals surface area contributed by atoms with Crippen molar-refractivity contribution in [3.05, 3.63) is 70.9 Å². The van der Waals surface area contributed by atoms with Gasteiger partial charge in [0.2, 0.25) is 10.0 Å². The van der Waals surface area contributed by atoms with Crippen LogP contribution in [0.5, 0.6) is 0 Å². The van der Waals surface area contributed by atoms with E-state index in [0.29, 0.717) is 34.3 Å². The number of anilines is 2. The van der Waals surface area contributed by atoms with E-state index in [1.807, 2.05) is 0 Å². The molecule has 0 unspecified atom stereocenters. The van der Waals surface area contributed by atoms with Gasteiger partial charge in [-0.2, -0.15) is 0 Å². The number of nitrogens with two attached hydrogens (primary N) is 1. The number of hydrogen-bond acceptors (Lipinski definition) is 6. The zero-order valence-electron chi connectivity index (χ0n) is 17.8. The lowest BCUT2D eigenvalue weighted by Gasteiger charge is -2.14. The van der Waals surface area contributed by atoms with E-state index in [9.17, 15) is 12.8 Å². The van der Waals surface area contributed by atoms with Crippen molar-refractivity contribution in [3.8, 4) is 11.1 Å². The summed E-state index contributed by atoms with van der Waals surface area (Å²) in [5, 5.41) is 0.788. The molecule has 0 bridgehead atoms. The molecule has 174 valence electrons. The molecule has 3 N–H and O–H groups in total. The van der Waals surface area contributed by atoms with E-state index < -0.39 is 26.6 Å². The lowest BCUT2D eigenvalue weighted by Crippen LogP contribution is -2.17. The minimum atomic E-state index is -3.76. The van der Waals surface area contributed by atoms with Crippen LogP contribution in [0, 0.1) is 11.6 Å². The van der Waals surface area contributed by atoms with Gasteiger partial charge in [0, 0.05) is 29.4 Å². The molecule has 3 aromatic rings. The summed E-state index contributed by atoms with van der Waals surface area (Å²) in [6.07, 6.45) is 1.92. The highest BCUT2D eigenvalue weighted by atomic mass is 35.5. The Morgan fingerprint density at radius 1 is 1.18 bits per heavy atom. The fourth-order valence-electron chi connectivity index (χ4n) is 2.96. The summed E-state index contributed by atoms with van der Waals surface area (Å²) < 4.78 is 55.9. The van der Waals surface area contributed by atoms with Crippen molar-refractivity contribution in [3.63, 3.8) is 0 Å². The minimum Gasteiger partial charge on any atom is -0.383 e. The Bertz CT molecular complexity index is 1300. The maximum absolute atomic E-state index is 15.1. The van der Waals surface area contributed by atoms with Crippen LogP contribution >= 0.6 is 23.4 Å². The summed E-state index contributed by atoms with van der Waals surface area (Å²) >= 11 is 6.64. The number of hydrogen-bond donors (Lipinski definition) is 2. The molecular weight excluding hydrogens is 490 g/mol. The molecule has 0 fully saturated rings. The second-order valence-corrected chi connectivity index (χ2v) is 10.2. The van der Waals surface area contributed by atoms with Gasteiger partial charge in [0.05, 0.1) is 16.3 Å². The van der Waals surface area contributed by atoms with E-state index >= 15 is 4.39 Å². The van der Waals surface area contributed by atoms with Gasteiger partial charge >= 0.3 is 0 Å². The second kappa shape index (κ2) is 10.5. The quantitative estimate of drug-likeness (QED) is 0.245. The van der Waals surface area contributed by atoms with E-state index in [0.717, 1.165) is 17.7 Å². The van der Waals surface area contributed by atoms with Crippen LogP contribution < -0.4 is 10.5 Å². The van der Waals surface area contributed by atoms with Gasteiger partial charge in [0.25, 0.3) is 0 Å². The summed E-state index contributed by atoms with van der Waals surface area (Å²) in [5.41, 5.74) is 7.60. The molecule has 0 amide bonds. The predicted octanol–water partition coefficient (Wildman–Crippen LogP) is 5.58. The zero-order chi connectivity index (χ0) is 24.2. The maximum Gasteiger partial charge on any atom is 0.232 e. The molecule has 11 heteroatoms. The molecule has 0 radical (unpaired) electrons. The van der Waals surface area contributed by atoms with E-state index in [1.54, 1.807) is 43.5 Å². The predicted molar refractivity (Wildman–Crippen MR) is 131 cm³/mol. The third kappa shape index (κ3) is 6.01. The molecule has 0 aliphatic carbocycles. The van der Waals surface area contributed by atoms with Crippen LogP contribution in [0.1, 0.15) is 18.9 Å². The largest absolute Gasteiger partial charge is 0.383 e. The standard InChI is InChI=1S/C22H21ClF2N4O2S2/c1-3-10-33(30,31)29-18-9-8-17(24)20(19(18)25)32-22(27-2)16-11-14(12-28-21(16)26)13-4-6-15(23)7-5-13/h4-9,11-12,29H,3,10H2,1-2H3,(H2,26,28). The number of halogens is 3. The Balaban J connectivity index is 1.98. The SMILES string of the molecule is CCCS(=O)(=O)Nc1ccc(F)c(SC(=NC)c2cc(-c3ccc(Cl)cc3)cnc2N)c1F. The molecule has 33 heavy (non-hydrogen) atoms. The summed E-state index contributed by atoms with van der Waals surface area (Å²) in [5.74, 6) is -1.96. The molecule has 6 nitrogen and oxygen atoms in total. The van der Waals surface area contributed by atoms with Crippen molar-refractivity contribution in [2.24, 2.45) is 4.99 Å². The average molecular weight is 511 g/mol. The highest BCUT2D eigenvalue weighted by Crippen LogP contribution is 2.35. The lowest BCUT2D eigenvalue weighted by molar-refractivity contribution is 0.543. The maximum atomic E-state index is 15.1. The second-order valence-electron chi connectivity index (χ2n) is 6.95. The first-order chi connectivity index (χ1) is 15.6. The van der Waals surface area contributed by atoms with E-state index in [2.05, 4.69) is 14.7 Å². The van der Waals surface area contributed by atoms with Gasteiger partial charge < -0.3 is 5.73 Å². The van der Waals surface area contributed by atoms with Crippen LogP contribution in [-0.4, -0.2) is 31.2 Å². The van der Waals surface area contributed by atoms with Gasteiger partial charge in [-0.05, 0) is 42.3 Å². The highest BCUT2D eigenvalue weighted by Gasteiger charge is 2.21. The summed E-state index contributed by atoms with van der Waals surface area (Å²) in [6.45, 7) is 1.68. The Morgan fingerprint density at radius 2 is 1.88 bits per heavy atom. The van der Waals surface area contributed by atoms with Gasteiger partial charge in [-0.25, -0.2) is 22.2 Å². The summed E-state index contributed by atoms with van der Waals surface area (Å²) in [6, 6.07) is 10.8. The highest BCUT2D eigenvalue weighted by molar-refractivity contribution is 8.14. The Kier molecular flexibility index (Phi) is 7.93. The van der Waals surface area contributed by atoms with Crippen molar-refractivity contribution < 1.29 is 17.2 Å². The van der Waals surface area contributed by atoms with Gasteiger partial charge in [-0.15, -0.1) is 0 Å². The van der Waals surface area contributed by atoms with Crippen molar-refractivity contribution in [1.29, 1.82) is 0 Å². The Hall–Kier alpha value is -2.69. The number of nitrogen functional groups attached to an aromatic ring is 1. The number of nitrogens with one attached hydrogen (secondary N) is 1. The van der Waals surface area contributed by atoms with Crippen LogP contribution in [0.25, 0.3) is 11.1 Å². The first kappa shape index (κ1) is 24.9. The van der Waals surface area contributed by atoms with Gasteiger partial charge in [0.1, 0.15) is 16.7 Å². The number of nitrogens with zero attached hydrogens (tertiary/aromatic N) is 2. The molecule has 0 aliphatic rings. The molecule has 1 aromatic heterocycles. The van der Waals surface area contributed by atoms with Crippen LogP contribution in [0.15, 0.2) is 58.5 Å². The van der Waals surface area contributed by atoms with Crippen molar-refractivity contribution in [1.82, 2.24) is 4.98 Å². The minimum absolute atomic E-state index is 0.126. The summed E-state index contributed by atoms with van der Waals surface area (Å²) in [7, 11) is -2.30. The molecule has 0 spiro atoms. The third-order valence-electron chi connectivity index (χ3n) is 4.52. The number of thioether (sulfide) groups is 1. The Labute approximate surface area is 200 Å². The van der Waals surface area contributed by atoms with Crippen molar-refractivity contribution in [2.45, 2.75) is 18.2 Å². The fraction of sp³-hybridized carbons (Fsp3) is 0.182. The number of pyridine rings is 1. The summed E-state index contributed by atoms with van der Waals surface area (Å²) in [4.78, 5) is 7.92. The van der Waals surface area contributed by atoms with Crippen LogP contribution in [-0.2, 0) is 10.0 Å². The van der Waals surface area contributed by atoms with Gasteiger partial charge in [-0.3, -0.25) is 9.71 Å². The molecule has 2 aromatic carbocycles. The van der Waals surface area contributed by atoms with Crippen molar-refractivity contribution in [2.75, 3.05) is 23.3 Å². The third-order valence-corrected chi connectivity index (χ3v) is 7.42. The molecule has 0 saturated heterocycles. The first-order valence-electron chi connectivity index (χ1n) is 9.80. The number of aromatic nitrogens is 1. The topological polar surface area (TPSA) is 97.4 Å². The molecule has 0 atom stereocenters. The zero-order valence-corrected chi connectivity index (χ0v) is 20.2. The van der Waals surface area contributed by atoms with Gasteiger partial charge in [-0.1, -0.05) is 42.4 Å². The van der Waals surface area contributed by atoms with E-state index in [4.69, 9.17) is 17.3 Å². The van der Waals surface area contributed by atoms with E-state index in [-0.39, 0.29) is 22.3 Å². The van der Waals surface area contributed by atoms with Gasteiger partial charge in [0.15, 0.2) is 5.82 Å². The number of benzene rings is 2. The Morgan fingerprint density at radius 3 is 2.52 bits per heavy atom. The molecule has 0 aliphatic heterocycles. The first-order valence-corrected chi connectivity index (χ1v) is 12.6. The van der Waals surface area contributed by atoms with Crippen LogP contribution in [0.3, 0.4) is 0 Å². The monoisotopic (exact) mass is 510 g/mol. The molecule has 0 saturated carbocycles. The lowest BCUT2D eigenvalue weighted by atomic mass is 10.1. The fourth-order valence-corrected chi connectivity index (χ4v) is 5.14. The van der Waals surface area contributed by atoms with Crippen LogP contribution in [0.4, 0.5) is 20.3 Å².